The first-order chi connectivity index (χ1) is 9.43. The molecular formula is C15H27N3O2. The quantitative estimate of drug-likeness (QED) is 0.766. The molecule has 5 heteroatoms. The molecule has 114 valence electrons. The second-order valence-corrected chi connectivity index (χ2v) is 5.41. The van der Waals surface area contributed by atoms with Gasteiger partial charge in [0.15, 0.2) is 0 Å². The summed E-state index contributed by atoms with van der Waals surface area (Å²) in [5.41, 5.74) is 6.42. The average Bonchev–Trinajstić information content (AvgIpc) is 2.37. The molecule has 1 atom stereocenters. The van der Waals surface area contributed by atoms with Crippen LogP contribution in [-0.4, -0.2) is 30.3 Å². The highest BCUT2D eigenvalue weighted by molar-refractivity contribution is 5.54. The number of nitrogens with one attached hydrogen (secondary N) is 1. The topological polar surface area (TPSA) is 69.4 Å². The van der Waals surface area contributed by atoms with Gasteiger partial charge in [-0.1, -0.05) is 13.8 Å². The van der Waals surface area contributed by atoms with Crippen LogP contribution in [-0.2, 0) is 4.74 Å². The molecule has 1 unspecified atom stereocenters. The van der Waals surface area contributed by atoms with Crippen molar-refractivity contribution in [2.75, 3.05) is 24.3 Å². The van der Waals surface area contributed by atoms with Crippen LogP contribution in [0.15, 0.2) is 12.1 Å². The zero-order valence-corrected chi connectivity index (χ0v) is 13.1. The molecule has 5 nitrogen and oxygen atoms in total. The first-order valence-electron chi connectivity index (χ1n) is 7.21. The maximum Gasteiger partial charge on any atom is 0.239 e. The minimum absolute atomic E-state index is 0.0457. The maximum atomic E-state index is 5.87. The Bertz CT molecular complexity index is 408. The summed E-state index contributed by atoms with van der Waals surface area (Å²) in [7, 11) is 0. The van der Waals surface area contributed by atoms with E-state index in [2.05, 4.69) is 24.1 Å². The lowest BCUT2D eigenvalue weighted by Gasteiger charge is -2.23. The lowest BCUT2D eigenvalue weighted by atomic mass is 10.1. The predicted molar refractivity (Wildman–Crippen MR) is 83.2 cm³/mol. The van der Waals surface area contributed by atoms with Crippen LogP contribution >= 0.6 is 0 Å². The molecule has 1 heterocycles. The summed E-state index contributed by atoms with van der Waals surface area (Å²) < 4.78 is 11.1. The number of ether oxygens (including phenoxy) is 2. The summed E-state index contributed by atoms with van der Waals surface area (Å²) in [4.78, 5) is 4.43. The van der Waals surface area contributed by atoms with Gasteiger partial charge in [-0.15, -0.1) is 0 Å². The van der Waals surface area contributed by atoms with Gasteiger partial charge < -0.3 is 20.5 Å². The Morgan fingerprint density at radius 1 is 1.25 bits per heavy atom. The molecule has 0 spiro atoms. The van der Waals surface area contributed by atoms with Crippen LogP contribution in [0.3, 0.4) is 0 Å². The van der Waals surface area contributed by atoms with Crippen molar-refractivity contribution in [3.05, 3.63) is 12.1 Å². The van der Waals surface area contributed by atoms with E-state index in [1.807, 2.05) is 32.9 Å². The summed E-state index contributed by atoms with van der Waals surface area (Å²) in [6.45, 7) is 11.6. The Hall–Kier alpha value is -1.49. The molecule has 0 aliphatic heterocycles. The Morgan fingerprint density at radius 2 is 1.95 bits per heavy atom. The largest absolute Gasteiger partial charge is 0.473 e. The Labute approximate surface area is 121 Å². The SMILES string of the molecule is CCOCC(Nc1ccc(N)c(OC(C)C)n1)C(C)C. The van der Waals surface area contributed by atoms with E-state index in [1.165, 1.54) is 0 Å². The van der Waals surface area contributed by atoms with Crippen molar-refractivity contribution in [2.24, 2.45) is 5.92 Å². The molecule has 0 fully saturated rings. The van der Waals surface area contributed by atoms with Gasteiger partial charge in [-0.05, 0) is 38.8 Å². The number of hydrogen-bond acceptors (Lipinski definition) is 5. The molecule has 20 heavy (non-hydrogen) atoms. The molecule has 0 aromatic carbocycles. The number of hydrogen-bond donors (Lipinski definition) is 2. The van der Waals surface area contributed by atoms with Gasteiger partial charge in [-0.25, -0.2) is 0 Å². The molecule has 0 bridgehead atoms. The van der Waals surface area contributed by atoms with E-state index in [0.717, 1.165) is 5.82 Å². The molecule has 0 saturated carbocycles. The van der Waals surface area contributed by atoms with Gasteiger partial charge in [0.1, 0.15) is 5.82 Å². The molecule has 1 aromatic rings. The lowest BCUT2D eigenvalue weighted by molar-refractivity contribution is 0.126. The summed E-state index contributed by atoms with van der Waals surface area (Å²) in [6, 6.07) is 3.88. The third-order valence-electron chi connectivity index (χ3n) is 2.88. The number of nitrogens with zero attached hydrogens (tertiary/aromatic N) is 1. The van der Waals surface area contributed by atoms with Crippen LogP contribution in [0.25, 0.3) is 0 Å². The number of aromatic nitrogens is 1. The summed E-state index contributed by atoms with van der Waals surface area (Å²) in [5.74, 6) is 1.67. The fourth-order valence-corrected chi connectivity index (χ4v) is 1.68. The molecule has 0 aliphatic rings. The van der Waals surface area contributed by atoms with Crippen molar-refractivity contribution in [1.82, 2.24) is 4.98 Å². The monoisotopic (exact) mass is 281 g/mol. The van der Waals surface area contributed by atoms with Gasteiger partial charge in [0.2, 0.25) is 5.88 Å². The summed E-state index contributed by atoms with van der Waals surface area (Å²) in [5, 5.41) is 3.38. The molecule has 1 aromatic heterocycles. The van der Waals surface area contributed by atoms with Gasteiger partial charge in [0.25, 0.3) is 0 Å². The van der Waals surface area contributed by atoms with Crippen LogP contribution in [0.4, 0.5) is 11.5 Å². The first-order valence-corrected chi connectivity index (χ1v) is 7.21. The van der Waals surface area contributed by atoms with E-state index in [-0.39, 0.29) is 12.1 Å². The van der Waals surface area contributed by atoms with Crippen LogP contribution < -0.4 is 15.8 Å². The van der Waals surface area contributed by atoms with Crippen LogP contribution in [0.2, 0.25) is 0 Å². The maximum absolute atomic E-state index is 5.87. The third-order valence-corrected chi connectivity index (χ3v) is 2.88. The molecule has 0 aliphatic carbocycles. The van der Waals surface area contributed by atoms with E-state index in [4.69, 9.17) is 15.2 Å². The van der Waals surface area contributed by atoms with Crippen molar-refractivity contribution in [3.63, 3.8) is 0 Å². The van der Waals surface area contributed by atoms with E-state index >= 15 is 0 Å². The van der Waals surface area contributed by atoms with Gasteiger partial charge in [0, 0.05) is 6.61 Å². The zero-order valence-electron chi connectivity index (χ0n) is 13.1. The van der Waals surface area contributed by atoms with E-state index in [9.17, 15) is 0 Å². The van der Waals surface area contributed by atoms with Crippen molar-refractivity contribution in [3.8, 4) is 5.88 Å². The smallest absolute Gasteiger partial charge is 0.239 e. The normalized spacial score (nSPS) is 12.8. The van der Waals surface area contributed by atoms with Gasteiger partial charge in [-0.2, -0.15) is 4.98 Å². The van der Waals surface area contributed by atoms with E-state index in [0.29, 0.717) is 30.7 Å². The number of nitrogens with two attached hydrogens (primary N) is 1. The van der Waals surface area contributed by atoms with Crippen molar-refractivity contribution < 1.29 is 9.47 Å². The highest BCUT2D eigenvalue weighted by Gasteiger charge is 2.15. The summed E-state index contributed by atoms with van der Waals surface area (Å²) in [6.07, 6.45) is 0.0457. The van der Waals surface area contributed by atoms with E-state index in [1.54, 1.807) is 0 Å². The van der Waals surface area contributed by atoms with Gasteiger partial charge in [0.05, 0.1) is 24.4 Å². The highest BCUT2D eigenvalue weighted by Crippen LogP contribution is 2.23. The average molecular weight is 281 g/mol. The molecule has 0 saturated heterocycles. The molecular weight excluding hydrogens is 254 g/mol. The van der Waals surface area contributed by atoms with Crippen LogP contribution in [0, 0.1) is 5.92 Å². The van der Waals surface area contributed by atoms with Gasteiger partial charge in [-0.3, -0.25) is 0 Å². The minimum Gasteiger partial charge on any atom is -0.473 e. The second-order valence-electron chi connectivity index (χ2n) is 5.41. The number of rotatable bonds is 8. The molecule has 3 N–H and O–H groups in total. The standard InChI is InChI=1S/C15H27N3O2/c1-6-19-9-13(10(2)3)17-14-8-7-12(16)15(18-14)20-11(4)5/h7-8,10-11,13H,6,9,16H2,1-5H3,(H,17,18). The second kappa shape index (κ2) is 7.94. The number of nitrogen functional groups attached to an aromatic ring is 1. The minimum atomic E-state index is 0.0457. The Kier molecular flexibility index (Phi) is 6.58. The zero-order chi connectivity index (χ0) is 15.1. The van der Waals surface area contributed by atoms with Gasteiger partial charge >= 0.3 is 0 Å². The Morgan fingerprint density at radius 3 is 2.50 bits per heavy atom. The summed E-state index contributed by atoms with van der Waals surface area (Å²) >= 11 is 0. The van der Waals surface area contributed by atoms with E-state index < -0.39 is 0 Å². The predicted octanol–water partition coefficient (Wildman–Crippen LogP) is 2.92. The van der Waals surface area contributed by atoms with Crippen LogP contribution in [0.1, 0.15) is 34.6 Å². The fourth-order valence-electron chi connectivity index (χ4n) is 1.68. The Balaban J connectivity index is 2.79. The third kappa shape index (κ3) is 5.25. The van der Waals surface area contributed by atoms with Crippen molar-refractivity contribution >= 4 is 11.5 Å². The van der Waals surface area contributed by atoms with Crippen LogP contribution in [0.5, 0.6) is 5.88 Å². The highest BCUT2D eigenvalue weighted by atomic mass is 16.5. The molecule has 0 radical (unpaired) electrons. The van der Waals surface area contributed by atoms with Crippen molar-refractivity contribution in [2.45, 2.75) is 46.8 Å². The number of pyridine rings is 1. The molecule has 0 amide bonds. The lowest BCUT2D eigenvalue weighted by Crippen LogP contribution is -2.31. The fraction of sp³-hybridized carbons (Fsp3) is 0.667. The van der Waals surface area contributed by atoms with Crippen molar-refractivity contribution in [1.29, 1.82) is 0 Å². The number of anilines is 2. The first kappa shape index (κ1) is 16.6. The molecule has 1 rings (SSSR count).